The summed E-state index contributed by atoms with van der Waals surface area (Å²) in [6.07, 6.45) is 5.38. The zero-order valence-corrected chi connectivity index (χ0v) is 14.0. The molecule has 3 aromatic rings. The highest BCUT2D eigenvalue weighted by atomic mass is 35.5. The first-order valence-corrected chi connectivity index (χ1v) is 8.62. The van der Waals surface area contributed by atoms with E-state index in [9.17, 15) is 4.39 Å². The predicted molar refractivity (Wildman–Crippen MR) is 92.2 cm³/mol. The van der Waals surface area contributed by atoms with Gasteiger partial charge in [-0.05, 0) is 18.9 Å². The summed E-state index contributed by atoms with van der Waals surface area (Å²) in [6.45, 7) is 1.54. The van der Waals surface area contributed by atoms with Crippen LogP contribution in [0.4, 0.5) is 10.2 Å². The van der Waals surface area contributed by atoms with Crippen molar-refractivity contribution in [2.24, 2.45) is 0 Å². The van der Waals surface area contributed by atoms with E-state index in [4.69, 9.17) is 21.3 Å². The Kier molecular flexibility index (Phi) is 3.39. The Morgan fingerprint density at radius 1 is 1.28 bits per heavy atom. The maximum Gasteiger partial charge on any atom is 0.152 e. The number of nitrogens with one attached hydrogen (secondary N) is 1. The first kappa shape index (κ1) is 15.0. The lowest BCUT2D eigenvalue weighted by Gasteiger charge is -2.33. The fourth-order valence-corrected chi connectivity index (χ4v) is 3.97. The van der Waals surface area contributed by atoms with E-state index in [0.717, 1.165) is 31.7 Å². The highest BCUT2D eigenvalue weighted by Gasteiger charge is 2.34. The number of morpholine rings is 1. The average Bonchev–Trinajstić information content (AvgIpc) is 3.24. The van der Waals surface area contributed by atoms with Crippen molar-refractivity contribution in [2.75, 3.05) is 18.0 Å². The smallest absolute Gasteiger partial charge is 0.152 e. The number of nitrogens with zero attached hydrogens (tertiary/aromatic N) is 4. The van der Waals surface area contributed by atoms with Gasteiger partial charge in [0.15, 0.2) is 5.82 Å². The van der Waals surface area contributed by atoms with Crippen molar-refractivity contribution in [1.82, 2.24) is 20.2 Å². The van der Waals surface area contributed by atoms with Crippen LogP contribution in [0.1, 0.15) is 12.8 Å². The Morgan fingerprint density at radius 3 is 2.80 bits per heavy atom. The van der Waals surface area contributed by atoms with Crippen molar-refractivity contribution in [2.45, 2.75) is 25.0 Å². The topological polar surface area (TPSA) is 66.9 Å². The molecule has 2 saturated heterocycles. The minimum absolute atomic E-state index is 0.229. The van der Waals surface area contributed by atoms with Crippen molar-refractivity contribution >= 4 is 28.3 Å². The van der Waals surface area contributed by atoms with Crippen LogP contribution in [0.3, 0.4) is 0 Å². The number of H-pyrrole nitrogens is 1. The Hall–Kier alpha value is -2.25. The van der Waals surface area contributed by atoms with Crippen LogP contribution in [0.5, 0.6) is 0 Å². The quantitative estimate of drug-likeness (QED) is 0.761. The standard InChI is InChI=1S/C17H15ClFN5O/c18-11-5-14(24-7-9-1-2-10(8-24)25-9)22-17-15(11)12(19)6-20-16(17)13-3-4-21-23-13/h3-6,9-10H,1-2,7-8H2,(H,21,23). The van der Waals surface area contributed by atoms with Crippen molar-refractivity contribution in [3.63, 3.8) is 0 Å². The van der Waals surface area contributed by atoms with E-state index in [1.54, 1.807) is 18.3 Å². The van der Waals surface area contributed by atoms with Gasteiger partial charge >= 0.3 is 0 Å². The molecule has 25 heavy (non-hydrogen) atoms. The van der Waals surface area contributed by atoms with Gasteiger partial charge in [-0.15, -0.1) is 0 Å². The van der Waals surface area contributed by atoms with E-state index in [-0.39, 0.29) is 17.6 Å². The van der Waals surface area contributed by atoms with Crippen molar-refractivity contribution in [1.29, 1.82) is 0 Å². The third kappa shape index (κ3) is 2.46. The molecule has 6 nitrogen and oxygen atoms in total. The van der Waals surface area contributed by atoms with E-state index in [2.05, 4.69) is 20.1 Å². The molecule has 128 valence electrons. The molecule has 2 fully saturated rings. The van der Waals surface area contributed by atoms with Gasteiger partial charge in [-0.1, -0.05) is 11.6 Å². The van der Waals surface area contributed by atoms with E-state index >= 15 is 0 Å². The highest BCUT2D eigenvalue weighted by molar-refractivity contribution is 6.36. The lowest BCUT2D eigenvalue weighted by atomic mass is 10.1. The van der Waals surface area contributed by atoms with Gasteiger partial charge in [-0.3, -0.25) is 5.10 Å². The maximum atomic E-state index is 14.3. The summed E-state index contributed by atoms with van der Waals surface area (Å²) in [7, 11) is 0. The number of anilines is 1. The van der Waals surface area contributed by atoms with E-state index < -0.39 is 5.82 Å². The molecule has 8 heteroatoms. The third-order valence-electron chi connectivity index (χ3n) is 4.85. The fraction of sp³-hybridized carbons (Fsp3) is 0.353. The van der Waals surface area contributed by atoms with Gasteiger partial charge < -0.3 is 9.64 Å². The summed E-state index contributed by atoms with van der Waals surface area (Å²) in [5, 5.41) is 7.41. The van der Waals surface area contributed by atoms with Crippen molar-refractivity contribution in [3.8, 4) is 11.4 Å². The SMILES string of the molecule is Fc1cnc(-c2ccn[nH]2)c2nc(N3CC4CCC(C3)O4)cc(Cl)c12. The number of fused-ring (bicyclic) bond motifs is 3. The van der Waals surface area contributed by atoms with Gasteiger partial charge in [0.25, 0.3) is 0 Å². The molecule has 2 aliphatic rings. The molecule has 2 aliphatic heterocycles. The van der Waals surface area contributed by atoms with Gasteiger partial charge in [-0.2, -0.15) is 5.10 Å². The number of hydrogen-bond acceptors (Lipinski definition) is 5. The Bertz CT molecular complexity index is 936. The molecule has 0 radical (unpaired) electrons. The second kappa shape index (κ2) is 5.64. The molecule has 2 unspecified atom stereocenters. The van der Waals surface area contributed by atoms with Crippen LogP contribution in [0.15, 0.2) is 24.5 Å². The summed E-state index contributed by atoms with van der Waals surface area (Å²) < 4.78 is 20.2. The Labute approximate surface area is 148 Å². The first-order valence-electron chi connectivity index (χ1n) is 8.24. The lowest BCUT2D eigenvalue weighted by Crippen LogP contribution is -2.43. The summed E-state index contributed by atoms with van der Waals surface area (Å²) in [6, 6.07) is 3.51. The first-order chi connectivity index (χ1) is 12.2. The van der Waals surface area contributed by atoms with Crippen molar-refractivity contribution in [3.05, 3.63) is 35.4 Å². The minimum Gasteiger partial charge on any atom is -0.371 e. The van der Waals surface area contributed by atoms with Gasteiger partial charge in [0.1, 0.15) is 17.0 Å². The maximum absolute atomic E-state index is 14.3. The van der Waals surface area contributed by atoms with Crippen LogP contribution >= 0.6 is 11.6 Å². The van der Waals surface area contributed by atoms with Crippen LogP contribution in [-0.4, -0.2) is 45.5 Å². The Balaban J connectivity index is 1.68. The molecule has 3 aromatic heterocycles. The molecule has 1 N–H and O–H groups in total. The van der Waals surface area contributed by atoms with Gasteiger partial charge in [-0.25, -0.2) is 14.4 Å². The molecule has 0 aliphatic carbocycles. The number of halogens is 2. The predicted octanol–water partition coefficient (Wildman–Crippen LogP) is 3.18. The monoisotopic (exact) mass is 359 g/mol. The minimum atomic E-state index is -0.482. The third-order valence-corrected chi connectivity index (χ3v) is 5.15. The molecular formula is C17H15ClFN5O. The Morgan fingerprint density at radius 2 is 2.08 bits per heavy atom. The largest absolute Gasteiger partial charge is 0.371 e. The zero-order valence-electron chi connectivity index (χ0n) is 13.2. The van der Waals surface area contributed by atoms with Gasteiger partial charge in [0.05, 0.1) is 34.5 Å². The van der Waals surface area contributed by atoms with E-state index in [0.29, 0.717) is 21.9 Å². The highest BCUT2D eigenvalue weighted by Crippen LogP contribution is 2.35. The second-order valence-corrected chi connectivity index (χ2v) is 6.88. The van der Waals surface area contributed by atoms with Crippen LogP contribution in [0, 0.1) is 5.82 Å². The van der Waals surface area contributed by atoms with Crippen LogP contribution < -0.4 is 4.90 Å². The number of pyridine rings is 2. The summed E-state index contributed by atoms with van der Waals surface area (Å²) in [5.74, 6) is 0.246. The molecular weight excluding hydrogens is 345 g/mol. The number of rotatable bonds is 2. The molecule has 0 amide bonds. The molecule has 2 atom stereocenters. The van der Waals surface area contributed by atoms with Crippen LogP contribution in [0.25, 0.3) is 22.3 Å². The number of aromatic nitrogens is 4. The second-order valence-electron chi connectivity index (χ2n) is 6.47. The molecule has 0 spiro atoms. The van der Waals surface area contributed by atoms with Gasteiger partial charge in [0.2, 0.25) is 0 Å². The molecule has 5 heterocycles. The van der Waals surface area contributed by atoms with Crippen LogP contribution in [-0.2, 0) is 4.74 Å². The average molecular weight is 360 g/mol. The van der Waals surface area contributed by atoms with Crippen LogP contribution in [0.2, 0.25) is 5.02 Å². The number of hydrogen-bond donors (Lipinski definition) is 1. The van der Waals surface area contributed by atoms with Crippen molar-refractivity contribution < 1.29 is 9.13 Å². The molecule has 0 saturated carbocycles. The lowest BCUT2D eigenvalue weighted by molar-refractivity contribution is 0.0302. The summed E-state index contributed by atoms with van der Waals surface area (Å²) in [5.41, 5.74) is 1.65. The number of ether oxygens (including phenoxy) is 1. The zero-order chi connectivity index (χ0) is 17.0. The number of aromatic amines is 1. The molecule has 0 aromatic carbocycles. The fourth-order valence-electron chi connectivity index (χ4n) is 3.70. The van der Waals surface area contributed by atoms with Gasteiger partial charge in [0, 0.05) is 25.4 Å². The summed E-state index contributed by atoms with van der Waals surface area (Å²) in [4.78, 5) is 11.1. The normalized spacial score (nSPS) is 22.7. The van der Waals surface area contributed by atoms with E-state index in [1.165, 1.54) is 6.20 Å². The molecule has 2 bridgehead atoms. The molecule has 5 rings (SSSR count). The van der Waals surface area contributed by atoms with E-state index in [1.807, 2.05) is 0 Å². The summed E-state index contributed by atoms with van der Waals surface area (Å²) >= 11 is 6.42.